The molecule has 1 saturated heterocycles. The number of rotatable bonds is 6. The van der Waals surface area contributed by atoms with Crippen LogP contribution >= 0.6 is 0 Å². The average molecular weight is 512 g/mol. The van der Waals surface area contributed by atoms with Gasteiger partial charge in [0.25, 0.3) is 0 Å². The first-order valence-electron chi connectivity index (χ1n) is 11.6. The van der Waals surface area contributed by atoms with Gasteiger partial charge in [0.05, 0.1) is 22.7 Å². The van der Waals surface area contributed by atoms with E-state index in [1.54, 1.807) is 24.3 Å². The molecule has 36 heavy (non-hydrogen) atoms. The number of imidazole rings is 1. The van der Waals surface area contributed by atoms with Crippen LogP contribution in [0.2, 0.25) is 0 Å². The van der Waals surface area contributed by atoms with Crippen LogP contribution in [0.5, 0.6) is 0 Å². The molecule has 0 unspecified atom stereocenters. The van der Waals surface area contributed by atoms with E-state index in [1.807, 2.05) is 12.3 Å². The molecule has 5 rings (SSSR count). The molecule has 2 aromatic carbocycles. The normalized spacial score (nSPS) is 17.6. The van der Waals surface area contributed by atoms with Gasteiger partial charge in [0, 0.05) is 31.4 Å². The number of hydrogen-bond acceptors (Lipinski definition) is 5. The fraction of sp³-hybridized carbons (Fsp3) is 0.320. The lowest BCUT2D eigenvalue weighted by molar-refractivity contribution is -0.125. The zero-order chi connectivity index (χ0) is 25.4. The molecule has 186 valence electrons. The van der Waals surface area contributed by atoms with E-state index in [0.29, 0.717) is 17.4 Å². The highest BCUT2D eigenvalue weighted by Gasteiger charge is 2.45. The highest BCUT2D eigenvalue weighted by Crippen LogP contribution is 2.32. The minimum atomic E-state index is -4.35. The number of benzene rings is 2. The van der Waals surface area contributed by atoms with E-state index >= 15 is 0 Å². The van der Waals surface area contributed by atoms with Gasteiger partial charge in [-0.2, -0.15) is 9.57 Å². The van der Waals surface area contributed by atoms with E-state index in [-0.39, 0.29) is 19.5 Å². The lowest BCUT2D eigenvalue weighted by atomic mass is 10.1. The van der Waals surface area contributed by atoms with E-state index in [0.717, 1.165) is 42.0 Å². The van der Waals surface area contributed by atoms with Gasteiger partial charge in [0.15, 0.2) is 11.6 Å². The first kappa shape index (κ1) is 24.1. The van der Waals surface area contributed by atoms with Gasteiger partial charge in [0.1, 0.15) is 17.9 Å². The van der Waals surface area contributed by atoms with Crippen molar-refractivity contribution in [1.82, 2.24) is 13.9 Å². The average Bonchev–Trinajstić information content (AvgIpc) is 3.26. The van der Waals surface area contributed by atoms with Gasteiger partial charge in [-0.25, -0.2) is 22.2 Å². The number of para-hydroxylation sites is 1. The van der Waals surface area contributed by atoms with Crippen molar-refractivity contribution < 1.29 is 22.0 Å². The molecule has 0 bridgehead atoms. The molecular formula is C25H23F2N5O3S. The molecular weight excluding hydrogens is 488 g/mol. The number of fused-ring (bicyclic) bond motifs is 1. The predicted molar refractivity (Wildman–Crippen MR) is 126 cm³/mol. The molecule has 0 radical (unpaired) electrons. The molecule has 11 heteroatoms. The maximum atomic E-state index is 14.0. The number of hydrogen-bond donors (Lipinski definition) is 0. The van der Waals surface area contributed by atoms with E-state index in [9.17, 15) is 22.0 Å². The van der Waals surface area contributed by atoms with Gasteiger partial charge < -0.3 is 9.47 Å². The minimum Gasteiger partial charge on any atom is -0.335 e. The van der Waals surface area contributed by atoms with E-state index in [4.69, 9.17) is 5.26 Å². The van der Waals surface area contributed by atoms with Crippen molar-refractivity contribution in [1.29, 1.82) is 5.26 Å². The third-order valence-corrected chi connectivity index (χ3v) is 8.48. The van der Waals surface area contributed by atoms with Crippen LogP contribution in [0.25, 0.3) is 0 Å². The number of sulfonamides is 1. The maximum Gasteiger partial charge on any atom is 0.245 e. The second-order valence-electron chi connectivity index (χ2n) is 8.86. The van der Waals surface area contributed by atoms with Crippen molar-refractivity contribution in [3.8, 4) is 6.07 Å². The second kappa shape index (κ2) is 9.44. The number of halogens is 2. The maximum absolute atomic E-state index is 14.0. The zero-order valence-corrected chi connectivity index (χ0v) is 20.1. The molecule has 2 aliphatic rings. The highest BCUT2D eigenvalue weighted by molar-refractivity contribution is 7.89. The van der Waals surface area contributed by atoms with E-state index in [1.165, 1.54) is 11.0 Å². The van der Waals surface area contributed by atoms with Crippen molar-refractivity contribution >= 4 is 21.6 Å². The monoisotopic (exact) mass is 511 g/mol. The number of carbonyl (C=O) groups is 1. The van der Waals surface area contributed by atoms with Gasteiger partial charge in [-0.05, 0) is 43.5 Å². The molecule has 0 spiro atoms. The van der Waals surface area contributed by atoms with Gasteiger partial charge in [-0.15, -0.1) is 0 Å². The Morgan fingerprint density at radius 1 is 1.17 bits per heavy atom. The zero-order valence-electron chi connectivity index (χ0n) is 19.3. The van der Waals surface area contributed by atoms with Crippen LogP contribution in [-0.4, -0.2) is 40.8 Å². The Bertz CT molecular complexity index is 1440. The van der Waals surface area contributed by atoms with Gasteiger partial charge in [0.2, 0.25) is 15.9 Å². The Morgan fingerprint density at radius 2 is 1.94 bits per heavy atom. The number of anilines is 1. The van der Waals surface area contributed by atoms with Crippen LogP contribution in [0.1, 0.15) is 36.3 Å². The van der Waals surface area contributed by atoms with Crippen LogP contribution < -0.4 is 4.90 Å². The Morgan fingerprint density at radius 3 is 2.61 bits per heavy atom. The van der Waals surface area contributed by atoms with Crippen LogP contribution in [0.3, 0.4) is 0 Å². The summed E-state index contributed by atoms with van der Waals surface area (Å²) in [5.74, 6) is -2.32. The standard InChI is InChI=1S/C25H23F2N5O3S/c26-21-13-20(12-17(14-28)24(21)27)36(34,35)32-11-9-22(32)25(33)31(19-6-2-1-3-7-19)16-18-15-30-10-5-4-8-23(30)29-18/h1-3,6-7,12-13,15,22H,4-5,8-11,16H2/t22-/m1/s1. The van der Waals surface area contributed by atoms with Crippen molar-refractivity contribution in [3.63, 3.8) is 0 Å². The third kappa shape index (κ3) is 4.27. The molecule has 1 fully saturated rings. The van der Waals surface area contributed by atoms with Crippen LogP contribution in [0.15, 0.2) is 53.6 Å². The molecule has 3 heterocycles. The number of aromatic nitrogens is 2. The minimum absolute atomic E-state index is 0.0427. The van der Waals surface area contributed by atoms with E-state index < -0.39 is 44.1 Å². The Kier molecular flexibility index (Phi) is 6.32. The third-order valence-electron chi connectivity index (χ3n) is 6.60. The molecule has 1 amide bonds. The quantitative estimate of drug-likeness (QED) is 0.505. The number of nitrogens with zero attached hydrogens (tertiary/aromatic N) is 5. The summed E-state index contributed by atoms with van der Waals surface area (Å²) in [6.45, 7) is 1.08. The largest absolute Gasteiger partial charge is 0.335 e. The summed E-state index contributed by atoms with van der Waals surface area (Å²) in [6.07, 6.45) is 5.20. The van der Waals surface area contributed by atoms with Crippen LogP contribution in [0, 0.1) is 23.0 Å². The van der Waals surface area contributed by atoms with Crippen molar-refractivity contribution in [3.05, 3.63) is 77.4 Å². The number of carbonyl (C=O) groups excluding carboxylic acids is 1. The fourth-order valence-corrected chi connectivity index (χ4v) is 6.29. The number of aryl methyl sites for hydroxylation is 2. The van der Waals surface area contributed by atoms with Gasteiger partial charge in [-0.3, -0.25) is 4.79 Å². The highest BCUT2D eigenvalue weighted by atomic mass is 32.2. The van der Waals surface area contributed by atoms with Crippen LogP contribution in [-0.2, 0) is 34.3 Å². The fourth-order valence-electron chi connectivity index (χ4n) is 4.62. The summed E-state index contributed by atoms with van der Waals surface area (Å²) in [7, 11) is -4.35. The first-order valence-corrected chi connectivity index (χ1v) is 13.1. The lowest BCUT2D eigenvalue weighted by Crippen LogP contribution is -2.59. The molecule has 1 aromatic heterocycles. The van der Waals surface area contributed by atoms with Crippen molar-refractivity contribution in [2.75, 3.05) is 11.4 Å². The Labute approximate surface area is 207 Å². The summed E-state index contributed by atoms with van der Waals surface area (Å²) in [4.78, 5) is 19.3. The topological polar surface area (TPSA) is 99.3 Å². The van der Waals surface area contributed by atoms with Crippen molar-refractivity contribution in [2.24, 2.45) is 0 Å². The summed E-state index contributed by atoms with van der Waals surface area (Å²) in [6, 6.07) is 10.7. The number of nitriles is 1. The number of amides is 1. The first-order chi connectivity index (χ1) is 17.3. The van der Waals surface area contributed by atoms with Crippen LogP contribution in [0.4, 0.5) is 14.5 Å². The van der Waals surface area contributed by atoms with Gasteiger partial charge in [-0.1, -0.05) is 18.2 Å². The smallest absolute Gasteiger partial charge is 0.245 e. The Hall–Kier alpha value is -3.62. The summed E-state index contributed by atoms with van der Waals surface area (Å²) in [5, 5.41) is 9.05. The second-order valence-corrected chi connectivity index (χ2v) is 10.7. The molecule has 0 aliphatic carbocycles. The van der Waals surface area contributed by atoms with E-state index in [2.05, 4.69) is 9.55 Å². The van der Waals surface area contributed by atoms with Gasteiger partial charge >= 0.3 is 0 Å². The van der Waals surface area contributed by atoms with Crippen molar-refractivity contribution in [2.45, 2.75) is 49.7 Å². The molecule has 0 N–H and O–H groups in total. The summed E-state index contributed by atoms with van der Waals surface area (Å²) < 4.78 is 57.3. The summed E-state index contributed by atoms with van der Waals surface area (Å²) in [5.41, 5.74) is 0.584. The molecule has 8 nitrogen and oxygen atoms in total. The molecule has 1 atom stereocenters. The lowest BCUT2D eigenvalue weighted by Gasteiger charge is -2.40. The molecule has 0 saturated carbocycles. The predicted octanol–water partition coefficient (Wildman–Crippen LogP) is 3.37. The molecule has 3 aromatic rings. The molecule has 2 aliphatic heterocycles. The SMILES string of the molecule is N#Cc1cc(S(=O)(=O)N2CC[C@@H]2C(=O)N(Cc2cn3c(n2)CCCC3)c2ccccc2)cc(F)c1F. The summed E-state index contributed by atoms with van der Waals surface area (Å²) >= 11 is 0. The Balaban J connectivity index is 1.45.